The summed E-state index contributed by atoms with van der Waals surface area (Å²) in [6.45, 7) is 7.27. The van der Waals surface area contributed by atoms with Gasteiger partial charge in [0.15, 0.2) is 0 Å². The molecule has 1 N–H and O–H groups in total. The fourth-order valence-corrected chi connectivity index (χ4v) is 3.05. The van der Waals surface area contributed by atoms with Gasteiger partial charge in [0.2, 0.25) is 0 Å². The summed E-state index contributed by atoms with van der Waals surface area (Å²) in [5.74, 6) is 0. The number of rotatable bonds is 6. The Bertz CT molecular complexity index is 208. The topological polar surface area (TPSA) is 30.5 Å². The maximum Gasteiger partial charge on any atom is 0.0576 e. The first-order valence-electron chi connectivity index (χ1n) is 7.25. The summed E-state index contributed by atoms with van der Waals surface area (Å²) in [7, 11) is 0. The average molecular weight is 241 g/mol. The molecular weight excluding hydrogens is 214 g/mol. The molecule has 2 aliphatic heterocycles. The van der Waals surface area contributed by atoms with Crippen LogP contribution >= 0.6 is 0 Å². The largest absolute Gasteiger partial charge is 0.381 e. The second-order valence-electron chi connectivity index (χ2n) is 5.57. The summed E-state index contributed by atoms with van der Waals surface area (Å²) in [5.41, 5.74) is 0.472. The Balaban J connectivity index is 1.80. The summed E-state index contributed by atoms with van der Waals surface area (Å²) >= 11 is 0. The summed E-state index contributed by atoms with van der Waals surface area (Å²) in [6.07, 6.45) is 8.04. The van der Waals surface area contributed by atoms with Crippen LogP contribution in [0.2, 0.25) is 0 Å². The molecule has 0 aromatic heterocycles. The van der Waals surface area contributed by atoms with Crippen LogP contribution in [0.1, 0.15) is 45.4 Å². The molecule has 1 atom stereocenters. The van der Waals surface area contributed by atoms with E-state index in [0.29, 0.717) is 11.5 Å². The molecule has 0 bridgehead atoms. The third-order valence-corrected chi connectivity index (χ3v) is 4.32. The third-order valence-electron chi connectivity index (χ3n) is 4.32. The van der Waals surface area contributed by atoms with Gasteiger partial charge in [0, 0.05) is 26.4 Å². The van der Waals surface area contributed by atoms with Gasteiger partial charge in [0.25, 0.3) is 0 Å². The van der Waals surface area contributed by atoms with Gasteiger partial charge in [0.05, 0.1) is 6.10 Å². The smallest absolute Gasteiger partial charge is 0.0576 e. The van der Waals surface area contributed by atoms with Crippen molar-refractivity contribution < 1.29 is 9.47 Å². The van der Waals surface area contributed by atoms with Crippen molar-refractivity contribution in [1.82, 2.24) is 5.32 Å². The summed E-state index contributed by atoms with van der Waals surface area (Å²) < 4.78 is 11.3. The fraction of sp³-hybridized carbons (Fsp3) is 1.00. The maximum atomic E-state index is 5.74. The van der Waals surface area contributed by atoms with Gasteiger partial charge < -0.3 is 14.8 Å². The lowest BCUT2D eigenvalue weighted by Gasteiger charge is -2.38. The lowest BCUT2D eigenvalue weighted by molar-refractivity contribution is 0.000561. The Morgan fingerprint density at radius 2 is 2.06 bits per heavy atom. The van der Waals surface area contributed by atoms with Crippen molar-refractivity contribution in [2.45, 2.75) is 51.6 Å². The van der Waals surface area contributed by atoms with Gasteiger partial charge >= 0.3 is 0 Å². The molecule has 0 aromatic rings. The highest BCUT2D eigenvalue weighted by molar-refractivity contribution is 4.85. The molecule has 0 saturated carbocycles. The van der Waals surface area contributed by atoms with Gasteiger partial charge in [-0.15, -0.1) is 0 Å². The standard InChI is InChI=1S/C14H27NO2/c1-2-15-12-14(7-10-16-11-8-14)6-5-13-4-3-9-17-13/h13,15H,2-12H2,1H3. The zero-order chi connectivity index (χ0) is 12.0. The molecule has 2 heterocycles. The molecule has 2 saturated heterocycles. The van der Waals surface area contributed by atoms with E-state index in [9.17, 15) is 0 Å². The van der Waals surface area contributed by atoms with Gasteiger partial charge in [-0.1, -0.05) is 6.92 Å². The van der Waals surface area contributed by atoms with Crippen LogP contribution in [0.5, 0.6) is 0 Å². The summed E-state index contributed by atoms with van der Waals surface area (Å²) in [6, 6.07) is 0. The molecule has 0 spiro atoms. The van der Waals surface area contributed by atoms with Gasteiger partial charge in [-0.2, -0.15) is 0 Å². The van der Waals surface area contributed by atoms with Crippen LogP contribution in [0.4, 0.5) is 0 Å². The van der Waals surface area contributed by atoms with E-state index < -0.39 is 0 Å². The number of hydrogen-bond donors (Lipinski definition) is 1. The van der Waals surface area contributed by atoms with Crippen LogP contribution in [0, 0.1) is 5.41 Å². The van der Waals surface area contributed by atoms with E-state index in [0.717, 1.165) is 32.9 Å². The molecule has 100 valence electrons. The molecule has 2 aliphatic rings. The Hall–Kier alpha value is -0.120. The lowest BCUT2D eigenvalue weighted by Crippen LogP contribution is -2.39. The monoisotopic (exact) mass is 241 g/mol. The van der Waals surface area contributed by atoms with Crippen molar-refractivity contribution in [3.63, 3.8) is 0 Å². The minimum atomic E-state index is 0.472. The first-order chi connectivity index (χ1) is 8.35. The van der Waals surface area contributed by atoms with Crippen molar-refractivity contribution in [3.8, 4) is 0 Å². The number of nitrogens with one attached hydrogen (secondary N) is 1. The minimum absolute atomic E-state index is 0.472. The Labute approximate surface area is 105 Å². The zero-order valence-corrected chi connectivity index (χ0v) is 11.2. The van der Waals surface area contributed by atoms with Crippen molar-refractivity contribution in [3.05, 3.63) is 0 Å². The molecule has 0 amide bonds. The molecule has 1 unspecified atom stereocenters. The molecular formula is C14H27NO2. The van der Waals surface area contributed by atoms with Gasteiger partial charge in [-0.3, -0.25) is 0 Å². The van der Waals surface area contributed by atoms with Crippen LogP contribution in [0.25, 0.3) is 0 Å². The van der Waals surface area contributed by atoms with E-state index in [-0.39, 0.29) is 0 Å². The minimum Gasteiger partial charge on any atom is -0.381 e. The average Bonchev–Trinajstić information content (AvgIpc) is 2.89. The van der Waals surface area contributed by atoms with Gasteiger partial charge in [0.1, 0.15) is 0 Å². The zero-order valence-electron chi connectivity index (χ0n) is 11.2. The van der Waals surface area contributed by atoms with E-state index in [1.54, 1.807) is 0 Å². The molecule has 0 aromatic carbocycles. The molecule has 0 aliphatic carbocycles. The second kappa shape index (κ2) is 6.72. The molecule has 3 nitrogen and oxygen atoms in total. The highest BCUT2D eigenvalue weighted by Crippen LogP contribution is 2.36. The van der Waals surface area contributed by atoms with Crippen molar-refractivity contribution >= 4 is 0 Å². The Morgan fingerprint density at radius 3 is 2.71 bits per heavy atom. The second-order valence-corrected chi connectivity index (χ2v) is 5.57. The maximum absolute atomic E-state index is 5.74. The van der Waals surface area contributed by atoms with E-state index >= 15 is 0 Å². The molecule has 2 fully saturated rings. The van der Waals surface area contributed by atoms with Crippen LogP contribution in [0.3, 0.4) is 0 Å². The fourth-order valence-electron chi connectivity index (χ4n) is 3.05. The number of ether oxygens (including phenoxy) is 2. The highest BCUT2D eigenvalue weighted by Gasteiger charge is 2.33. The number of hydrogen-bond acceptors (Lipinski definition) is 3. The quantitative estimate of drug-likeness (QED) is 0.774. The Morgan fingerprint density at radius 1 is 1.24 bits per heavy atom. The Kier molecular flexibility index (Phi) is 5.26. The van der Waals surface area contributed by atoms with E-state index in [2.05, 4.69) is 12.2 Å². The van der Waals surface area contributed by atoms with Crippen molar-refractivity contribution in [2.75, 3.05) is 32.9 Å². The van der Waals surface area contributed by atoms with E-state index in [1.165, 1.54) is 38.5 Å². The predicted octanol–water partition coefficient (Wildman–Crippen LogP) is 2.35. The first kappa shape index (κ1) is 13.3. The van der Waals surface area contributed by atoms with Crippen LogP contribution in [0.15, 0.2) is 0 Å². The highest BCUT2D eigenvalue weighted by atomic mass is 16.5. The normalized spacial score (nSPS) is 28.4. The molecule has 3 heteroatoms. The molecule has 2 rings (SSSR count). The van der Waals surface area contributed by atoms with Crippen molar-refractivity contribution in [1.29, 1.82) is 0 Å². The lowest BCUT2D eigenvalue weighted by atomic mass is 9.75. The first-order valence-corrected chi connectivity index (χ1v) is 7.25. The van der Waals surface area contributed by atoms with Crippen LogP contribution in [-0.2, 0) is 9.47 Å². The van der Waals surface area contributed by atoms with Crippen LogP contribution in [-0.4, -0.2) is 39.0 Å². The van der Waals surface area contributed by atoms with Gasteiger partial charge in [-0.25, -0.2) is 0 Å². The summed E-state index contributed by atoms with van der Waals surface area (Å²) in [5, 5.41) is 3.54. The molecule has 0 radical (unpaired) electrons. The molecule has 17 heavy (non-hydrogen) atoms. The van der Waals surface area contributed by atoms with E-state index in [4.69, 9.17) is 9.47 Å². The third kappa shape index (κ3) is 3.94. The SMILES string of the molecule is CCNCC1(CCC2CCCO2)CCOCC1. The van der Waals surface area contributed by atoms with Crippen molar-refractivity contribution in [2.24, 2.45) is 5.41 Å². The predicted molar refractivity (Wildman–Crippen MR) is 69.2 cm³/mol. The van der Waals surface area contributed by atoms with E-state index in [1.807, 2.05) is 0 Å². The summed E-state index contributed by atoms with van der Waals surface area (Å²) in [4.78, 5) is 0. The van der Waals surface area contributed by atoms with Crippen LogP contribution < -0.4 is 5.32 Å². The van der Waals surface area contributed by atoms with Gasteiger partial charge in [-0.05, 0) is 50.5 Å².